The molecule has 7 atom stereocenters. The average Bonchev–Trinajstić information content (AvgIpc) is 3.59. The summed E-state index contributed by atoms with van der Waals surface area (Å²) in [5.41, 5.74) is 7.62. The normalized spacial score (nSPS) is 20.9. The van der Waals surface area contributed by atoms with Crippen LogP contribution in [0, 0.1) is 29.1 Å². The van der Waals surface area contributed by atoms with E-state index in [1.807, 2.05) is 55.4 Å². The van der Waals surface area contributed by atoms with Crippen LogP contribution in [0.3, 0.4) is 0 Å². The number of amides is 4. The van der Waals surface area contributed by atoms with Crippen LogP contribution < -0.4 is 27.0 Å². The highest BCUT2D eigenvalue weighted by atomic mass is 16.5. The first-order valence-corrected chi connectivity index (χ1v) is 20.2. The number of piperidine rings is 1. The van der Waals surface area contributed by atoms with Crippen LogP contribution >= 0.6 is 0 Å². The first-order valence-electron chi connectivity index (χ1n) is 20.2. The molecule has 6 N–H and O–H groups in total. The van der Waals surface area contributed by atoms with Crippen molar-refractivity contribution in [2.24, 2.45) is 34.8 Å². The van der Waals surface area contributed by atoms with Crippen LogP contribution in [0.15, 0.2) is 61.2 Å². The summed E-state index contributed by atoms with van der Waals surface area (Å²) in [6.45, 7) is 37.7. The van der Waals surface area contributed by atoms with E-state index in [9.17, 15) is 19.2 Å². The van der Waals surface area contributed by atoms with Gasteiger partial charge in [0, 0.05) is 18.8 Å². The Kier molecular flexibility index (Phi) is 20.5. The number of primary amides is 1. The molecule has 5 unspecified atom stereocenters. The number of likely N-dealkylation sites (tertiary alicyclic amines) is 1. The highest BCUT2D eigenvalue weighted by Gasteiger charge is 2.56. The lowest BCUT2D eigenvalue weighted by atomic mass is 9.87. The van der Waals surface area contributed by atoms with E-state index < -0.39 is 41.9 Å². The van der Waals surface area contributed by atoms with E-state index in [0.29, 0.717) is 55.8 Å². The summed E-state index contributed by atoms with van der Waals surface area (Å²) in [7, 11) is 0. The van der Waals surface area contributed by atoms with Crippen LogP contribution in [-0.4, -0.2) is 72.4 Å². The maximum absolute atomic E-state index is 14.7. The molecule has 0 aromatic rings. The van der Waals surface area contributed by atoms with Crippen LogP contribution in [0.2, 0.25) is 0 Å². The summed E-state index contributed by atoms with van der Waals surface area (Å²) >= 11 is 0. The maximum Gasteiger partial charge on any atom is 0.315 e. The molecule has 0 aromatic heterocycles. The van der Waals surface area contributed by atoms with Gasteiger partial charge < -0.3 is 36.6 Å². The second kappa shape index (κ2) is 23.0. The first kappa shape index (κ1) is 48.0. The van der Waals surface area contributed by atoms with Gasteiger partial charge in [0.25, 0.3) is 5.91 Å². The Morgan fingerprint density at radius 1 is 0.944 bits per heavy atom. The van der Waals surface area contributed by atoms with Gasteiger partial charge in [-0.25, -0.2) is 4.79 Å². The number of rotatable bonds is 21. The van der Waals surface area contributed by atoms with Gasteiger partial charge in [-0.15, -0.1) is 0 Å². The number of nitrogens with zero attached hydrogens (tertiary/aromatic N) is 1. The summed E-state index contributed by atoms with van der Waals surface area (Å²) in [6.07, 6.45) is 8.87. The molecule has 4 amide bonds. The SMILES string of the molecule is C=CC1=C(C=C)CC(C(NC(=O)NC(COC(=C)NCC)C(C)(C)C)C(=O)N2C[C@@H]3C[C@@H]3C2C(=C)NC(CCC(C)CCC)C(=O)C(N)=O)C1.CC.CC. The van der Waals surface area contributed by atoms with Gasteiger partial charge in [0.1, 0.15) is 12.6 Å². The van der Waals surface area contributed by atoms with Crippen molar-refractivity contribution in [2.45, 2.75) is 138 Å². The number of ketones is 1. The van der Waals surface area contributed by atoms with Gasteiger partial charge in [-0.05, 0) is 85.8 Å². The number of nitrogens with two attached hydrogens (primary N) is 1. The van der Waals surface area contributed by atoms with E-state index >= 15 is 0 Å². The Hall–Kier alpha value is -4.02. The molecule has 3 aliphatic rings. The Labute approximate surface area is 327 Å². The van der Waals surface area contributed by atoms with Crippen LogP contribution in [-0.2, 0) is 19.1 Å². The van der Waals surface area contributed by atoms with Crippen molar-refractivity contribution in [3.63, 3.8) is 0 Å². The number of fused-ring (bicyclic) bond motifs is 1. The van der Waals surface area contributed by atoms with Crippen molar-refractivity contribution in [3.8, 4) is 0 Å². The van der Waals surface area contributed by atoms with Crippen molar-refractivity contribution in [2.75, 3.05) is 19.7 Å². The predicted octanol–water partition coefficient (Wildman–Crippen LogP) is 6.89. The van der Waals surface area contributed by atoms with Gasteiger partial charge >= 0.3 is 6.03 Å². The standard InChI is InChI=1S/C39H62N6O5.2C2H6/c1-11-15-23(5)16-17-31(35(46)36(40)47)42-24(6)34-30-20-29(30)21-45(34)37(48)33(28-18-26(12-2)27(13-3)19-28)44-38(49)43-32(39(8,9)10)22-50-25(7)41-14-4;2*1-2/h12-13,23,28-34,41-42H,2-3,6-7,11,14-22H2,1,4-5,8-10H3,(H2,40,47)(H2,43,44,49);2*1-2H3/t23?,29-,30-,31?,32?,33?,34?;;/m0../s1. The number of ether oxygens (including phenoxy) is 1. The van der Waals surface area contributed by atoms with E-state index in [1.54, 1.807) is 17.1 Å². The second-order valence-electron chi connectivity index (χ2n) is 15.4. The van der Waals surface area contributed by atoms with Crippen molar-refractivity contribution >= 4 is 23.6 Å². The molecule has 306 valence electrons. The number of hydrogen-bond acceptors (Lipinski definition) is 7. The molecule has 1 saturated heterocycles. The van der Waals surface area contributed by atoms with Crippen LogP contribution in [0.4, 0.5) is 4.79 Å². The largest absolute Gasteiger partial charge is 0.477 e. The lowest BCUT2D eigenvalue weighted by molar-refractivity contribution is -0.137. The van der Waals surface area contributed by atoms with Gasteiger partial charge in [-0.2, -0.15) is 0 Å². The molecular formula is C43H74N6O5. The Morgan fingerprint density at radius 2 is 1.54 bits per heavy atom. The molecule has 2 fully saturated rings. The topological polar surface area (TPSA) is 155 Å². The van der Waals surface area contributed by atoms with E-state index in [1.165, 1.54) is 0 Å². The fourth-order valence-electron chi connectivity index (χ4n) is 7.38. The first-order chi connectivity index (χ1) is 25.6. The van der Waals surface area contributed by atoms with E-state index in [4.69, 9.17) is 10.5 Å². The summed E-state index contributed by atoms with van der Waals surface area (Å²) in [5.74, 6) is -0.839. The lowest BCUT2D eigenvalue weighted by Crippen LogP contribution is -2.59. The molecule has 3 rings (SSSR count). The zero-order chi connectivity index (χ0) is 41.3. The third-order valence-electron chi connectivity index (χ3n) is 10.5. The molecule has 54 heavy (non-hydrogen) atoms. The number of carbonyl (C=O) groups excluding carboxylic acids is 4. The van der Waals surface area contributed by atoms with Gasteiger partial charge in [0.05, 0.1) is 18.1 Å². The quantitative estimate of drug-likeness (QED) is 0.0632. The summed E-state index contributed by atoms with van der Waals surface area (Å²) < 4.78 is 5.80. The fourth-order valence-corrected chi connectivity index (χ4v) is 7.38. The molecule has 0 radical (unpaired) electrons. The summed E-state index contributed by atoms with van der Waals surface area (Å²) in [4.78, 5) is 55.2. The molecule has 0 spiro atoms. The molecular weight excluding hydrogens is 681 g/mol. The second-order valence-corrected chi connectivity index (χ2v) is 15.4. The minimum Gasteiger partial charge on any atom is -0.477 e. The lowest BCUT2D eigenvalue weighted by Gasteiger charge is -2.36. The summed E-state index contributed by atoms with van der Waals surface area (Å²) in [5, 5.41) is 12.4. The smallest absolute Gasteiger partial charge is 0.315 e. The zero-order valence-electron chi connectivity index (χ0n) is 35.2. The summed E-state index contributed by atoms with van der Waals surface area (Å²) in [6, 6.07) is -2.93. The predicted molar refractivity (Wildman–Crippen MR) is 221 cm³/mol. The molecule has 1 saturated carbocycles. The molecule has 1 heterocycles. The monoisotopic (exact) mass is 755 g/mol. The fraction of sp³-hybridized carbons (Fsp3) is 0.674. The molecule has 0 aromatic carbocycles. The van der Waals surface area contributed by atoms with Crippen molar-refractivity contribution in [1.29, 1.82) is 0 Å². The molecule has 0 bridgehead atoms. The van der Waals surface area contributed by atoms with E-state index in [-0.39, 0.29) is 29.8 Å². The maximum atomic E-state index is 14.7. The molecule has 11 heteroatoms. The number of hydrogen-bond donors (Lipinski definition) is 5. The number of urea groups is 1. The van der Waals surface area contributed by atoms with E-state index in [0.717, 1.165) is 36.8 Å². The van der Waals surface area contributed by atoms with E-state index in [2.05, 4.69) is 61.4 Å². The minimum atomic E-state index is -0.993. The Bertz CT molecular complexity index is 1330. The van der Waals surface area contributed by atoms with Gasteiger partial charge in [-0.3, -0.25) is 14.4 Å². The Balaban J connectivity index is 0.00000352. The highest BCUT2D eigenvalue weighted by molar-refractivity contribution is 6.37. The van der Waals surface area contributed by atoms with Crippen LogP contribution in [0.25, 0.3) is 0 Å². The van der Waals surface area contributed by atoms with Gasteiger partial charge in [0.15, 0.2) is 5.88 Å². The third kappa shape index (κ3) is 13.7. The van der Waals surface area contributed by atoms with Gasteiger partial charge in [-0.1, -0.05) is 107 Å². The van der Waals surface area contributed by atoms with Crippen molar-refractivity contribution in [1.82, 2.24) is 26.2 Å². The average molecular weight is 755 g/mol. The van der Waals surface area contributed by atoms with Crippen LogP contribution in [0.5, 0.6) is 0 Å². The Morgan fingerprint density at radius 3 is 2.04 bits per heavy atom. The molecule has 2 aliphatic carbocycles. The van der Waals surface area contributed by atoms with Crippen LogP contribution in [0.1, 0.15) is 114 Å². The third-order valence-corrected chi connectivity index (χ3v) is 10.5. The van der Waals surface area contributed by atoms with Crippen molar-refractivity contribution in [3.05, 3.63) is 61.2 Å². The van der Waals surface area contributed by atoms with Crippen molar-refractivity contribution < 1.29 is 23.9 Å². The van der Waals surface area contributed by atoms with Gasteiger partial charge in [0.2, 0.25) is 11.7 Å². The zero-order valence-corrected chi connectivity index (χ0v) is 35.2. The highest BCUT2D eigenvalue weighted by Crippen LogP contribution is 2.51. The number of Topliss-reactive ketones (excluding diaryl/α,β-unsaturated/α-hetero) is 1. The molecule has 11 nitrogen and oxygen atoms in total. The minimum absolute atomic E-state index is 0.179. The number of carbonyl (C=O) groups is 4. The molecule has 1 aliphatic heterocycles. The number of allylic oxidation sites excluding steroid dienone is 4. The number of nitrogens with one attached hydrogen (secondary N) is 4.